The van der Waals surface area contributed by atoms with E-state index in [1.807, 2.05) is 60.7 Å². The zero-order valence-corrected chi connectivity index (χ0v) is 14.3. The van der Waals surface area contributed by atoms with Crippen LogP contribution in [0, 0.1) is 0 Å². The van der Waals surface area contributed by atoms with Gasteiger partial charge < -0.3 is 9.47 Å². The molecule has 126 valence electrons. The maximum atomic E-state index is 11.5. The molecular formula is C16H16N2O4S2. The molecule has 0 aliphatic carbocycles. The first-order valence-electron chi connectivity index (χ1n) is 7.00. The van der Waals surface area contributed by atoms with E-state index in [1.54, 1.807) is 0 Å². The van der Waals surface area contributed by atoms with E-state index in [0.717, 1.165) is 33.1 Å². The summed E-state index contributed by atoms with van der Waals surface area (Å²) in [6.45, 7) is 0.370. The van der Waals surface area contributed by atoms with E-state index in [1.165, 1.54) is 0 Å². The molecule has 0 saturated carbocycles. The largest absolute Gasteiger partial charge is 0.444 e. The van der Waals surface area contributed by atoms with E-state index in [-0.39, 0.29) is 13.2 Å². The highest BCUT2D eigenvalue weighted by atomic mass is 33.1. The summed E-state index contributed by atoms with van der Waals surface area (Å²) >= 11 is 0. The van der Waals surface area contributed by atoms with Crippen molar-refractivity contribution in [1.82, 2.24) is 9.44 Å². The van der Waals surface area contributed by atoms with E-state index in [0.29, 0.717) is 0 Å². The van der Waals surface area contributed by atoms with E-state index < -0.39 is 12.2 Å². The van der Waals surface area contributed by atoms with Gasteiger partial charge in [-0.2, -0.15) is 0 Å². The summed E-state index contributed by atoms with van der Waals surface area (Å²) < 4.78 is 14.9. The third kappa shape index (κ3) is 7.30. The molecule has 8 heteroatoms. The number of carbonyl (C=O) groups excluding carboxylic acids is 2. The van der Waals surface area contributed by atoms with Crippen molar-refractivity contribution in [1.29, 1.82) is 0 Å². The third-order valence-corrected chi connectivity index (χ3v) is 4.05. The number of carbonyl (C=O) groups is 2. The smallest absolute Gasteiger partial charge is 0.418 e. The van der Waals surface area contributed by atoms with E-state index >= 15 is 0 Å². The van der Waals surface area contributed by atoms with Crippen LogP contribution in [0.5, 0.6) is 0 Å². The zero-order chi connectivity index (χ0) is 17.0. The predicted molar refractivity (Wildman–Crippen MR) is 94.7 cm³/mol. The van der Waals surface area contributed by atoms with Crippen LogP contribution in [-0.2, 0) is 22.7 Å². The van der Waals surface area contributed by atoms with E-state index in [9.17, 15) is 9.59 Å². The van der Waals surface area contributed by atoms with Crippen molar-refractivity contribution < 1.29 is 19.1 Å². The molecule has 0 aliphatic heterocycles. The fourth-order valence-electron chi connectivity index (χ4n) is 1.61. The van der Waals surface area contributed by atoms with Crippen molar-refractivity contribution in [2.24, 2.45) is 0 Å². The van der Waals surface area contributed by atoms with Gasteiger partial charge in [0.05, 0.1) is 0 Å². The Hall–Kier alpha value is -2.32. The molecule has 0 spiro atoms. The van der Waals surface area contributed by atoms with Gasteiger partial charge in [-0.25, -0.2) is 9.59 Å². The first-order valence-corrected chi connectivity index (χ1v) is 9.15. The second-order valence-corrected chi connectivity index (χ2v) is 6.24. The molecule has 2 rings (SSSR count). The Labute approximate surface area is 148 Å². The molecule has 0 atom stereocenters. The van der Waals surface area contributed by atoms with E-state index in [2.05, 4.69) is 9.44 Å². The topological polar surface area (TPSA) is 76.7 Å². The normalized spacial score (nSPS) is 9.83. The number of ether oxygens (including phenoxy) is 2. The minimum atomic E-state index is -0.587. The van der Waals surface area contributed by atoms with Crippen LogP contribution in [0.15, 0.2) is 60.7 Å². The van der Waals surface area contributed by atoms with Gasteiger partial charge in [0.25, 0.3) is 0 Å². The maximum absolute atomic E-state index is 11.5. The molecule has 2 aromatic rings. The molecule has 0 bridgehead atoms. The van der Waals surface area contributed by atoms with Crippen molar-refractivity contribution in [2.45, 2.75) is 13.2 Å². The maximum Gasteiger partial charge on any atom is 0.418 e. The first kappa shape index (κ1) is 18.0. The highest BCUT2D eigenvalue weighted by Crippen LogP contribution is 2.13. The molecule has 2 aromatic carbocycles. The highest BCUT2D eigenvalue weighted by Gasteiger charge is 2.06. The monoisotopic (exact) mass is 364 g/mol. The summed E-state index contributed by atoms with van der Waals surface area (Å²) in [6.07, 6.45) is -1.17. The van der Waals surface area contributed by atoms with Crippen molar-refractivity contribution in [3.63, 3.8) is 0 Å². The second-order valence-electron chi connectivity index (χ2n) is 4.49. The second kappa shape index (κ2) is 10.5. The third-order valence-electron chi connectivity index (χ3n) is 2.72. The van der Waals surface area contributed by atoms with Crippen LogP contribution in [-0.4, -0.2) is 12.2 Å². The van der Waals surface area contributed by atoms with Gasteiger partial charge >= 0.3 is 12.2 Å². The number of nitrogens with one attached hydrogen (secondary N) is 2. The van der Waals surface area contributed by atoms with Crippen LogP contribution in [0.4, 0.5) is 9.59 Å². The van der Waals surface area contributed by atoms with Gasteiger partial charge in [0.1, 0.15) is 13.2 Å². The Morgan fingerprint density at radius 3 is 1.46 bits per heavy atom. The van der Waals surface area contributed by atoms with Crippen LogP contribution < -0.4 is 9.44 Å². The van der Waals surface area contributed by atoms with Crippen molar-refractivity contribution >= 4 is 34.1 Å². The van der Waals surface area contributed by atoms with Crippen molar-refractivity contribution in [2.75, 3.05) is 0 Å². The summed E-state index contributed by atoms with van der Waals surface area (Å²) in [5.74, 6) is 0. The summed E-state index contributed by atoms with van der Waals surface area (Å²) in [5.41, 5.74) is 1.79. The molecule has 0 heterocycles. The number of benzene rings is 2. The molecule has 2 N–H and O–H groups in total. The molecule has 0 fully saturated rings. The fraction of sp³-hybridized carbons (Fsp3) is 0.125. The van der Waals surface area contributed by atoms with Crippen LogP contribution in [0.2, 0.25) is 0 Å². The number of hydrogen-bond acceptors (Lipinski definition) is 6. The molecule has 2 amide bonds. The quantitative estimate of drug-likeness (QED) is 0.438. The van der Waals surface area contributed by atoms with Crippen molar-refractivity contribution in [3.05, 3.63) is 71.8 Å². The van der Waals surface area contributed by atoms with Gasteiger partial charge in [0.15, 0.2) is 0 Å². The Morgan fingerprint density at radius 1 is 0.708 bits per heavy atom. The molecule has 6 nitrogen and oxygen atoms in total. The SMILES string of the molecule is O=C(NSSNC(=O)OCc1ccccc1)OCc1ccccc1. The Balaban J connectivity index is 1.52. The molecular weight excluding hydrogens is 348 g/mol. The molecule has 0 aromatic heterocycles. The van der Waals surface area contributed by atoms with E-state index in [4.69, 9.17) is 9.47 Å². The molecule has 0 saturated heterocycles. The lowest BCUT2D eigenvalue weighted by Crippen LogP contribution is -2.20. The Morgan fingerprint density at radius 2 is 1.08 bits per heavy atom. The first-order chi connectivity index (χ1) is 11.7. The standard InChI is InChI=1S/C16H16N2O4S2/c19-15(21-11-13-7-3-1-4-8-13)17-23-24-18-16(20)22-12-14-9-5-2-6-10-14/h1-10H,11-12H2,(H,17,19)(H,18,20). The zero-order valence-electron chi connectivity index (χ0n) is 12.6. The number of amides is 2. The van der Waals surface area contributed by atoms with Gasteiger partial charge in [0.2, 0.25) is 0 Å². The van der Waals surface area contributed by atoms with Crippen LogP contribution in [0.25, 0.3) is 0 Å². The summed E-state index contributed by atoms with van der Waals surface area (Å²) in [5, 5.41) is 0. The van der Waals surface area contributed by atoms with Gasteiger partial charge in [-0.15, -0.1) is 0 Å². The average Bonchev–Trinajstić information content (AvgIpc) is 2.63. The number of hydrogen-bond donors (Lipinski definition) is 2. The lowest BCUT2D eigenvalue weighted by Gasteiger charge is -2.07. The van der Waals surface area contributed by atoms with Gasteiger partial charge in [-0.1, -0.05) is 60.7 Å². The number of rotatable bonds is 7. The Kier molecular flexibility index (Phi) is 7.85. The molecule has 0 unspecified atom stereocenters. The Bertz CT molecular complexity index is 584. The van der Waals surface area contributed by atoms with Crippen molar-refractivity contribution in [3.8, 4) is 0 Å². The van der Waals surface area contributed by atoms with Gasteiger partial charge in [-0.05, 0) is 11.1 Å². The summed E-state index contributed by atoms with van der Waals surface area (Å²) in [6, 6.07) is 18.7. The molecule has 24 heavy (non-hydrogen) atoms. The average molecular weight is 364 g/mol. The fourth-order valence-corrected chi connectivity index (χ4v) is 2.61. The van der Waals surface area contributed by atoms with Crippen LogP contribution in [0.3, 0.4) is 0 Å². The molecule has 0 aliphatic rings. The summed E-state index contributed by atoms with van der Waals surface area (Å²) in [7, 11) is 1.85. The summed E-state index contributed by atoms with van der Waals surface area (Å²) in [4.78, 5) is 22.9. The van der Waals surface area contributed by atoms with Gasteiger partial charge in [-0.3, -0.25) is 9.44 Å². The van der Waals surface area contributed by atoms with Crippen LogP contribution >= 0.6 is 22.0 Å². The lowest BCUT2D eigenvalue weighted by molar-refractivity contribution is 0.145. The van der Waals surface area contributed by atoms with Gasteiger partial charge in [0, 0.05) is 22.0 Å². The minimum absolute atomic E-state index is 0.185. The highest BCUT2D eigenvalue weighted by molar-refractivity contribution is 8.75. The molecule has 0 radical (unpaired) electrons. The predicted octanol–water partition coefficient (Wildman–Crippen LogP) is 4.05. The van der Waals surface area contributed by atoms with Crippen LogP contribution in [0.1, 0.15) is 11.1 Å². The minimum Gasteiger partial charge on any atom is -0.444 e. The lowest BCUT2D eigenvalue weighted by atomic mass is 10.2.